The summed E-state index contributed by atoms with van der Waals surface area (Å²) in [6.45, 7) is 1.35. The van der Waals surface area contributed by atoms with E-state index in [-0.39, 0.29) is 5.82 Å². The van der Waals surface area contributed by atoms with Crippen LogP contribution in [0.5, 0.6) is 0 Å². The number of anilines is 1. The zero-order valence-electron chi connectivity index (χ0n) is 13.9. The van der Waals surface area contributed by atoms with Crippen LogP contribution in [0, 0.1) is 5.82 Å². The van der Waals surface area contributed by atoms with Crippen LogP contribution >= 0.6 is 0 Å². The van der Waals surface area contributed by atoms with Crippen molar-refractivity contribution in [2.45, 2.75) is 13.1 Å². The van der Waals surface area contributed by atoms with E-state index in [1.54, 1.807) is 24.3 Å². The highest BCUT2D eigenvalue weighted by atomic mass is 19.1. The Labute approximate surface area is 141 Å². The first-order chi connectivity index (χ1) is 11.6. The second-order valence-corrected chi connectivity index (χ2v) is 5.91. The number of nitrogens with one attached hydrogen (secondary N) is 1. The number of nitrogens with zero attached hydrogens (tertiary/aromatic N) is 1. The predicted octanol–water partition coefficient (Wildman–Crippen LogP) is 4.44. The van der Waals surface area contributed by atoms with Gasteiger partial charge in [-0.25, -0.2) is 4.39 Å². The van der Waals surface area contributed by atoms with Crippen LogP contribution in [0.4, 0.5) is 10.1 Å². The molecule has 24 heavy (non-hydrogen) atoms. The summed E-state index contributed by atoms with van der Waals surface area (Å²) >= 11 is 0. The van der Waals surface area contributed by atoms with E-state index < -0.39 is 0 Å². The summed E-state index contributed by atoms with van der Waals surface area (Å²) in [7, 11) is 4.05. The first-order valence-corrected chi connectivity index (χ1v) is 7.94. The third kappa shape index (κ3) is 3.84. The second-order valence-electron chi connectivity index (χ2n) is 5.91. The van der Waals surface area contributed by atoms with E-state index in [9.17, 15) is 4.39 Å². The van der Waals surface area contributed by atoms with E-state index in [0.717, 1.165) is 12.3 Å². The van der Waals surface area contributed by atoms with Crippen molar-refractivity contribution in [3.63, 3.8) is 0 Å². The minimum atomic E-state index is -0.271. The van der Waals surface area contributed by atoms with E-state index in [4.69, 9.17) is 4.42 Å². The largest absolute Gasteiger partial charge is 0.460 e. The fourth-order valence-corrected chi connectivity index (χ4v) is 2.52. The highest BCUT2D eigenvalue weighted by molar-refractivity contribution is 5.58. The monoisotopic (exact) mass is 324 g/mol. The minimum Gasteiger partial charge on any atom is -0.460 e. The van der Waals surface area contributed by atoms with Crippen LogP contribution in [-0.2, 0) is 13.1 Å². The lowest BCUT2D eigenvalue weighted by Gasteiger charge is -2.12. The molecule has 0 aliphatic heterocycles. The van der Waals surface area contributed by atoms with E-state index in [2.05, 4.69) is 34.5 Å². The smallest absolute Gasteiger partial charge is 0.137 e. The van der Waals surface area contributed by atoms with E-state index in [1.807, 2.05) is 20.2 Å². The molecule has 124 valence electrons. The van der Waals surface area contributed by atoms with Crippen molar-refractivity contribution in [2.24, 2.45) is 0 Å². The molecular weight excluding hydrogens is 303 g/mol. The van der Waals surface area contributed by atoms with Gasteiger partial charge in [0, 0.05) is 26.3 Å². The van der Waals surface area contributed by atoms with Gasteiger partial charge in [-0.15, -0.1) is 0 Å². The first kappa shape index (κ1) is 16.3. The van der Waals surface area contributed by atoms with Crippen molar-refractivity contribution in [3.8, 4) is 11.3 Å². The fraction of sp³-hybridized carbons (Fsp3) is 0.200. The number of hydrogen-bond donors (Lipinski definition) is 1. The third-order valence-corrected chi connectivity index (χ3v) is 3.88. The first-order valence-electron chi connectivity index (χ1n) is 7.94. The molecule has 4 heteroatoms. The molecule has 0 aliphatic rings. The van der Waals surface area contributed by atoms with Crippen molar-refractivity contribution in [3.05, 3.63) is 77.8 Å². The molecule has 1 aromatic heterocycles. The standard InChI is InChI=1S/C20H21FN2O/c1-23(2)16-9-7-15(8-10-16)13-22-14-17-11-12-20(24-17)18-5-3-4-6-19(18)21/h3-12,22H,13-14H2,1-2H3. The lowest BCUT2D eigenvalue weighted by Crippen LogP contribution is -2.12. The van der Waals surface area contributed by atoms with Crippen LogP contribution in [0.2, 0.25) is 0 Å². The van der Waals surface area contributed by atoms with Crippen molar-refractivity contribution < 1.29 is 8.81 Å². The van der Waals surface area contributed by atoms with Crippen molar-refractivity contribution >= 4 is 5.69 Å². The molecule has 0 bridgehead atoms. The molecular formula is C20H21FN2O. The van der Waals surface area contributed by atoms with Gasteiger partial charge in [0.2, 0.25) is 0 Å². The Balaban J connectivity index is 1.57. The summed E-state index contributed by atoms with van der Waals surface area (Å²) in [5.41, 5.74) is 2.88. The summed E-state index contributed by atoms with van der Waals surface area (Å²) in [5.74, 6) is 1.07. The van der Waals surface area contributed by atoms with Gasteiger partial charge in [0.05, 0.1) is 12.1 Å². The van der Waals surface area contributed by atoms with Crippen molar-refractivity contribution in [1.82, 2.24) is 5.32 Å². The van der Waals surface area contributed by atoms with Crippen molar-refractivity contribution in [2.75, 3.05) is 19.0 Å². The van der Waals surface area contributed by atoms with Crippen LogP contribution in [0.25, 0.3) is 11.3 Å². The number of furan rings is 1. The SMILES string of the molecule is CN(C)c1ccc(CNCc2ccc(-c3ccccc3F)o2)cc1. The maximum atomic E-state index is 13.8. The van der Waals surface area contributed by atoms with Crippen molar-refractivity contribution in [1.29, 1.82) is 0 Å². The average molecular weight is 324 g/mol. The van der Waals surface area contributed by atoms with Gasteiger partial charge in [0.15, 0.2) is 0 Å². The quantitative estimate of drug-likeness (QED) is 0.726. The van der Waals surface area contributed by atoms with E-state index in [1.165, 1.54) is 17.3 Å². The Bertz CT molecular complexity index is 793. The summed E-state index contributed by atoms with van der Waals surface area (Å²) in [6, 6.07) is 18.7. The van der Waals surface area contributed by atoms with Gasteiger partial charge >= 0.3 is 0 Å². The molecule has 0 unspecified atom stereocenters. The molecule has 0 aliphatic carbocycles. The zero-order valence-corrected chi connectivity index (χ0v) is 13.9. The maximum Gasteiger partial charge on any atom is 0.137 e. The Kier molecular flexibility index (Phi) is 4.96. The van der Waals surface area contributed by atoms with E-state index >= 15 is 0 Å². The minimum absolute atomic E-state index is 0.271. The fourth-order valence-electron chi connectivity index (χ4n) is 2.52. The Hall–Kier alpha value is -2.59. The van der Waals surface area contributed by atoms with Crippen LogP contribution in [-0.4, -0.2) is 14.1 Å². The Morgan fingerprint density at radius 2 is 1.67 bits per heavy atom. The van der Waals surface area contributed by atoms with Gasteiger partial charge < -0.3 is 14.6 Å². The van der Waals surface area contributed by atoms with E-state index in [0.29, 0.717) is 17.9 Å². The summed E-state index contributed by atoms with van der Waals surface area (Å²) < 4.78 is 19.5. The van der Waals surface area contributed by atoms with Gasteiger partial charge in [-0.1, -0.05) is 24.3 Å². The molecule has 0 amide bonds. The van der Waals surface area contributed by atoms with Gasteiger partial charge in [-0.05, 0) is 42.0 Å². The summed E-state index contributed by atoms with van der Waals surface area (Å²) in [4.78, 5) is 2.07. The molecule has 3 rings (SSSR count). The number of hydrogen-bond acceptors (Lipinski definition) is 3. The topological polar surface area (TPSA) is 28.4 Å². The van der Waals surface area contributed by atoms with Gasteiger partial charge in [0.25, 0.3) is 0 Å². The molecule has 0 spiro atoms. The molecule has 0 saturated heterocycles. The molecule has 3 aromatic rings. The lowest BCUT2D eigenvalue weighted by atomic mass is 10.1. The molecule has 0 radical (unpaired) electrons. The van der Waals surface area contributed by atoms with Gasteiger partial charge in [0.1, 0.15) is 17.3 Å². The summed E-state index contributed by atoms with van der Waals surface area (Å²) in [6.07, 6.45) is 0. The molecule has 0 fully saturated rings. The maximum absolute atomic E-state index is 13.8. The number of halogens is 1. The molecule has 2 aromatic carbocycles. The normalized spacial score (nSPS) is 10.8. The van der Waals surface area contributed by atoms with Crippen LogP contribution in [0.1, 0.15) is 11.3 Å². The van der Waals surface area contributed by atoms with Crippen LogP contribution in [0.15, 0.2) is 65.1 Å². The van der Waals surface area contributed by atoms with Gasteiger partial charge in [-0.2, -0.15) is 0 Å². The summed E-state index contributed by atoms with van der Waals surface area (Å²) in [5, 5.41) is 3.34. The lowest BCUT2D eigenvalue weighted by molar-refractivity contribution is 0.490. The molecule has 1 heterocycles. The molecule has 3 nitrogen and oxygen atoms in total. The number of rotatable bonds is 6. The highest BCUT2D eigenvalue weighted by Gasteiger charge is 2.08. The zero-order chi connectivity index (χ0) is 16.9. The Morgan fingerprint density at radius 1 is 0.917 bits per heavy atom. The predicted molar refractivity (Wildman–Crippen MR) is 95.4 cm³/mol. The van der Waals surface area contributed by atoms with Crippen LogP contribution < -0.4 is 10.2 Å². The second kappa shape index (κ2) is 7.32. The molecule has 0 saturated carbocycles. The average Bonchev–Trinajstić information content (AvgIpc) is 3.04. The molecule has 0 atom stereocenters. The highest BCUT2D eigenvalue weighted by Crippen LogP contribution is 2.24. The third-order valence-electron chi connectivity index (χ3n) is 3.88. The Morgan fingerprint density at radius 3 is 2.38 bits per heavy atom. The van der Waals surface area contributed by atoms with Crippen LogP contribution in [0.3, 0.4) is 0 Å². The number of benzene rings is 2. The molecule has 1 N–H and O–H groups in total. The van der Waals surface area contributed by atoms with Gasteiger partial charge in [-0.3, -0.25) is 0 Å².